The Labute approximate surface area is 215 Å². The summed E-state index contributed by atoms with van der Waals surface area (Å²) in [6, 6.07) is 12.2. The number of nitrogen functional groups attached to an aromatic ring is 1. The number of hydrogen-bond donors (Lipinski definition) is 3. The van der Waals surface area contributed by atoms with E-state index in [2.05, 4.69) is 23.5 Å². The Bertz CT molecular complexity index is 1270. The normalized spacial score (nSPS) is 11.8. The van der Waals surface area contributed by atoms with Crippen molar-refractivity contribution in [2.24, 2.45) is 11.7 Å². The Morgan fingerprint density at radius 1 is 1.03 bits per heavy atom. The molecule has 0 unspecified atom stereocenters. The van der Waals surface area contributed by atoms with Gasteiger partial charge in [0, 0.05) is 12.2 Å². The minimum absolute atomic E-state index is 0.0526. The van der Waals surface area contributed by atoms with Gasteiger partial charge in [-0.25, -0.2) is 0 Å². The highest BCUT2D eigenvalue weighted by molar-refractivity contribution is 7.09. The van der Waals surface area contributed by atoms with E-state index in [0.717, 1.165) is 34.6 Å². The molecule has 0 aliphatic carbocycles. The van der Waals surface area contributed by atoms with Crippen LogP contribution in [0.4, 0.5) is 11.4 Å². The fraction of sp³-hybridized carbons (Fsp3) is 0.333. The number of hydrogen-bond acceptors (Lipinski definition) is 6. The first-order valence-corrected chi connectivity index (χ1v) is 12.6. The molecule has 2 aromatic carbocycles. The van der Waals surface area contributed by atoms with Gasteiger partial charge in [0.25, 0.3) is 11.8 Å². The SMILES string of the molecule is Cc1ccc([C@H](C(=O)NCCC(C)C)N(C(=O)c2snc(C(N)=O)c2N)c2cc(C)ccc2C)cc1. The van der Waals surface area contributed by atoms with E-state index in [4.69, 9.17) is 11.5 Å². The number of primary amides is 1. The van der Waals surface area contributed by atoms with Crippen LogP contribution in [0.3, 0.4) is 0 Å². The molecule has 0 spiro atoms. The smallest absolute Gasteiger partial charge is 0.273 e. The van der Waals surface area contributed by atoms with E-state index in [1.54, 1.807) is 0 Å². The summed E-state index contributed by atoms with van der Waals surface area (Å²) in [6.45, 7) is 10.4. The molecule has 0 aliphatic heterocycles. The van der Waals surface area contributed by atoms with Crippen molar-refractivity contribution in [2.75, 3.05) is 17.2 Å². The number of rotatable bonds is 9. The Morgan fingerprint density at radius 3 is 2.25 bits per heavy atom. The van der Waals surface area contributed by atoms with E-state index in [1.807, 2.05) is 63.2 Å². The number of anilines is 2. The van der Waals surface area contributed by atoms with Gasteiger partial charge in [-0.3, -0.25) is 19.3 Å². The summed E-state index contributed by atoms with van der Waals surface area (Å²) in [5.74, 6) is -1.26. The van der Waals surface area contributed by atoms with E-state index < -0.39 is 17.9 Å². The second-order valence-electron chi connectivity index (χ2n) is 9.39. The van der Waals surface area contributed by atoms with Gasteiger partial charge in [-0.2, -0.15) is 4.37 Å². The molecular formula is C27H33N5O3S. The van der Waals surface area contributed by atoms with E-state index in [0.29, 0.717) is 23.7 Å². The van der Waals surface area contributed by atoms with Gasteiger partial charge in [-0.1, -0.05) is 55.8 Å². The number of benzene rings is 2. The summed E-state index contributed by atoms with van der Waals surface area (Å²) >= 11 is 0.795. The van der Waals surface area contributed by atoms with E-state index in [9.17, 15) is 14.4 Å². The van der Waals surface area contributed by atoms with Crippen LogP contribution in [0.2, 0.25) is 0 Å². The van der Waals surface area contributed by atoms with Gasteiger partial charge in [0.05, 0.1) is 5.69 Å². The molecule has 3 rings (SSSR count). The second kappa shape index (κ2) is 11.3. The minimum Gasteiger partial charge on any atom is -0.395 e. The number of carbonyl (C=O) groups excluding carboxylic acids is 3. The zero-order valence-corrected chi connectivity index (χ0v) is 22.1. The average molecular weight is 508 g/mol. The molecule has 0 saturated carbocycles. The Morgan fingerprint density at radius 2 is 1.67 bits per heavy atom. The number of aryl methyl sites for hydroxylation is 3. The summed E-state index contributed by atoms with van der Waals surface area (Å²) in [5.41, 5.74) is 15.3. The number of nitrogens with zero attached hydrogens (tertiary/aromatic N) is 2. The summed E-state index contributed by atoms with van der Waals surface area (Å²) in [6.07, 6.45) is 0.799. The van der Waals surface area contributed by atoms with E-state index in [1.165, 1.54) is 4.90 Å². The summed E-state index contributed by atoms with van der Waals surface area (Å²) < 4.78 is 4.00. The zero-order valence-electron chi connectivity index (χ0n) is 21.3. The molecule has 36 heavy (non-hydrogen) atoms. The molecule has 0 saturated heterocycles. The van der Waals surface area contributed by atoms with Gasteiger partial charge < -0.3 is 16.8 Å². The highest BCUT2D eigenvalue weighted by Gasteiger charge is 2.36. The monoisotopic (exact) mass is 507 g/mol. The van der Waals surface area contributed by atoms with Crippen molar-refractivity contribution in [2.45, 2.75) is 47.1 Å². The van der Waals surface area contributed by atoms with Gasteiger partial charge >= 0.3 is 0 Å². The lowest BCUT2D eigenvalue weighted by Crippen LogP contribution is -2.44. The number of amides is 3. The molecule has 1 aromatic heterocycles. The molecule has 0 aliphatic rings. The summed E-state index contributed by atoms with van der Waals surface area (Å²) in [7, 11) is 0. The van der Waals surface area contributed by atoms with E-state index in [-0.39, 0.29) is 22.2 Å². The molecule has 1 heterocycles. The Hall–Kier alpha value is -3.72. The van der Waals surface area contributed by atoms with Crippen LogP contribution in [0.5, 0.6) is 0 Å². The molecule has 3 amide bonds. The maximum atomic E-state index is 14.1. The lowest BCUT2D eigenvalue weighted by Gasteiger charge is -2.32. The fourth-order valence-corrected chi connectivity index (χ4v) is 4.57. The molecule has 0 radical (unpaired) electrons. The van der Waals surface area contributed by atoms with E-state index >= 15 is 0 Å². The van der Waals surface area contributed by atoms with Crippen molar-refractivity contribution < 1.29 is 14.4 Å². The predicted molar refractivity (Wildman–Crippen MR) is 144 cm³/mol. The van der Waals surface area contributed by atoms with Gasteiger partial charge in [-0.15, -0.1) is 0 Å². The molecule has 0 fully saturated rings. The quantitative estimate of drug-likeness (QED) is 0.397. The molecule has 190 valence electrons. The molecular weight excluding hydrogens is 474 g/mol. The topological polar surface area (TPSA) is 131 Å². The van der Waals surface area contributed by atoms with Crippen molar-refractivity contribution in [3.05, 3.63) is 75.3 Å². The number of carbonyl (C=O) groups is 3. The Balaban J connectivity index is 2.21. The first-order chi connectivity index (χ1) is 17.0. The Kier molecular flexibility index (Phi) is 8.47. The molecule has 9 heteroatoms. The fourth-order valence-electron chi connectivity index (χ4n) is 3.83. The van der Waals surface area contributed by atoms with Gasteiger partial charge in [0.15, 0.2) is 5.69 Å². The lowest BCUT2D eigenvalue weighted by molar-refractivity contribution is -0.122. The molecule has 1 atom stereocenters. The van der Waals surface area contributed by atoms with Crippen LogP contribution in [0.1, 0.15) is 68.7 Å². The first-order valence-electron chi connectivity index (χ1n) is 11.8. The van der Waals surface area contributed by atoms with Gasteiger partial charge in [0.1, 0.15) is 10.9 Å². The van der Waals surface area contributed by atoms with Gasteiger partial charge in [0.2, 0.25) is 5.91 Å². The van der Waals surface area contributed by atoms with Gasteiger partial charge in [-0.05, 0) is 67.4 Å². The van der Waals surface area contributed by atoms with Crippen LogP contribution in [0, 0.1) is 26.7 Å². The largest absolute Gasteiger partial charge is 0.395 e. The highest BCUT2D eigenvalue weighted by atomic mass is 32.1. The second-order valence-corrected chi connectivity index (χ2v) is 10.2. The minimum atomic E-state index is -0.982. The van der Waals surface area contributed by atoms with Crippen LogP contribution in [0.25, 0.3) is 0 Å². The maximum absolute atomic E-state index is 14.1. The standard InChI is InChI=1S/C27H33N5O3S/c1-15(2)12-13-30-26(34)23(19-10-7-16(3)8-11-19)32(20-14-17(4)6-9-18(20)5)27(35)24-21(28)22(25(29)33)31-36-24/h6-11,14-15,23H,12-13,28H2,1-5H3,(H2,29,33)(H,30,34)/t23-/m1/s1. The molecule has 0 bridgehead atoms. The number of aromatic nitrogens is 1. The van der Waals surface area contributed by atoms with Crippen LogP contribution in [-0.2, 0) is 4.79 Å². The van der Waals surface area contributed by atoms with Crippen molar-refractivity contribution in [3.8, 4) is 0 Å². The summed E-state index contributed by atoms with van der Waals surface area (Å²) in [4.78, 5) is 41.1. The lowest BCUT2D eigenvalue weighted by atomic mass is 9.99. The molecule has 3 aromatic rings. The van der Waals surface area contributed by atoms with Crippen LogP contribution >= 0.6 is 11.5 Å². The maximum Gasteiger partial charge on any atom is 0.273 e. The average Bonchev–Trinajstić information content (AvgIpc) is 3.21. The third-order valence-corrected chi connectivity index (χ3v) is 6.77. The van der Waals surface area contributed by atoms with Crippen molar-refractivity contribution in [1.29, 1.82) is 0 Å². The third-order valence-electron chi connectivity index (χ3n) is 5.92. The molecule has 8 nitrogen and oxygen atoms in total. The number of nitrogens with two attached hydrogens (primary N) is 2. The highest BCUT2D eigenvalue weighted by Crippen LogP contribution is 2.35. The molecule has 5 N–H and O–H groups in total. The van der Waals surface area contributed by atoms with Crippen molar-refractivity contribution >= 4 is 40.6 Å². The predicted octanol–water partition coefficient (Wildman–Crippen LogP) is 4.30. The number of nitrogens with one attached hydrogen (secondary N) is 1. The zero-order chi connectivity index (χ0) is 26.6. The van der Waals surface area contributed by atoms with Crippen molar-refractivity contribution in [3.63, 3.8) is 0 Å². The van der Waals surface area contributed by atoms with Crippen molar-refractivity contribution in [1.82, 2.24) is 9.69 Å². The van der Waals surface area contributed by atoms with Crippen LogP contribution < -0.4 is 21.7 Å². The summed E-state index contributed by atoms with van der Waals surface area (Å²) in [5, 5.41) is 3.01. The first kappa shape index (κ1) is 26.9. The third kappa shape index (κ3) is 5.91. The van der Waals surface area contributed by atoms with Crippen LogP contribution in [-0.4, -0.2) is 28.6 Å². The van der Waals surface area contributed by atoms with Crippen LogP contribution in [0.15, 0.2) is 42.5 Å².